The van der Waals surface area contributed by atoms with Crippen LogP contribution in [0.25, 0.3) is 0 Å². The summed E-state index contributed by atoms with van der Waals surface area (Å²) in [5, 5.41) is 2.91. The number of hydrogen-bond acceptors (Lipinski definition) is 3. The SMILES string of the molecule is Cc1sc(=NC(=O)c2cccc(C(F)(F)F)c2)n(CC(=O)N[C@H](C)c2ccccc2)c1C. The molecule has 0 spiro atoms. The van der Waals surface area contributed by atoms with E-state index in [1.54, 1.807) is 11.5 Å². The highest BCUT2D eigenvalue weighted by Gasteiger charge is 2.30. The van der Waals surface area contributed by atoms with E-state index in [1.165, 1.54) is 23.5 Å². The van der Waals surface area contributed by atoms with E-state index < -0.39 is 17.6 Å². The molecule has 0 radical (unpaired) electrons. The van der Waals surface area contributed by atoms with Crippen molar-refractivity contribution in [2.75, 3.05) is 0 Å². The largest absolute Gasteiger partial charge is 0.416 e. The second-order valence-electron chi connectivity index (χ2n) is 7.31. The number of rotatable bonds is 5. The number of carbonyl (C=O) groups excluding carboxylic acids is 2. The van der Waals surface area contributed by atoms with Crippen LogP contribution in [0.5, 0.6) is 0 Å². The monoisotopic (exact) mass is 461 g/mol. The number of aromatic nitrogens is 1. The van der Waals surface area contributed by atoms with Crippen molar-refractivity contribution in [1.82, 2.24) is 9.88 Å². The van der Waals surface area contributed by atoms with Gasteiger partial charge in [0.2, 0.25) is 5.91 Å². The minimum atomic E-state index is -4.56. The van der Waals surface area contributed by atoms with Crippen LogP contribution < -0.4 is 10.1 Å². The quantitative estimate of drug-likeness (QED) is 0.593. The van der Waals surface area contributed by atoms with Crippen LogP contribution in [0.3, 0.4) is 0 Å². The topological polar surface area (TPSA) is 63.5 Å². The van der Waals surface area contributed by atoms with Crippen LogP contribution in [0.4, 0.5) is 13.2 Å². The smallest absolute Gasteiger partial charge is 0.348 e. The van der Waals surface area contributed by atoms with E-state index in [-0.39, 0.29) is 28.9 Å². The van der Waals surface area contributed by atoms with Crippen LogP contribution in [0.1, 0.15) is 45.0 Å². The second-order valence-corrected chi connectivity index (χ2v) is 8.49. The Balaban J connectivity index is 1.85. The Kier molecular flexibility index (Phi) is 6.98. The van der Waals surface area contributed by atoms with Gasteiger partial charge in [0.05, 0.1) is 11.6 Å². The zero-order chi connectivity index (χ0) is 23.5. The summed E-state index contributed by atoms with van der Waals surface area (Å²) in [6.07, 6.45) is -4.56. The maximum Gasteiger partial charge on any atom is 0.416 e. The van der Waals surface area contributed by atoms with Gasteiger partial charge in [0.1, 0.15) is 6.54 Å². The molecule has 0 aliphatic carbocycles. The van der Waals surface area contributed by atoms with E-state index in [4.69, 9.17) is 0 Å². The number of halogens is 3. The first kappa shape index (κ1) is 23.5. The van der Waals surface area contributed by atoms with E-state index in [9.17, 15) is 22.8 Å². The molecular weight excluding hydrogens is 439 g/mol. The number of aryl methyl sites for hydroxylation is 1. The lowest BCUT2D eigenvalue weighted by Crippen LogP contribution is -2.33. The molecule has 9 heteroatoms. The fraction of sp³-hybridized carbons (Fsp3) is 0.261. The van der Waals surface area contributed by atoms with E-state index >= 15 is 0 Å². The predicted molar refractivity (Wildman–Crippen MR) is 116 cm³/mol. The van der Waals surface area contributed by atoms with Crippen LogP contribution in [-0.4, -0.2) is 16.4 Å². The number of amides is 2. The lowest BCUT2D eigenvalue weighted by Gasteiger charge is -2.15. The summed E-state index contributed by atoms with van der Waals surface area (Å²) in [5.41, 5.74) is 0.623. The summed E-state index contributed by atoms with van der Waals surface area (Å²) >= 11 is 1.20. The van der Waals surface area contributed by atoms with Crippen LogP contribution in [0.15, 0.2) is 59.6 Å². The average Bonchev–Trinajstić information content (AvgIpc) is 3.01. The van der Waals surface area contributed by atoms with E-state index in [1.807, 2.05) is 44.2 Å². The van der Waals surface area contributed by atoms with Crippen LogP contribution >= 0.6 is 11.3 Å². The van der Waals surface area contributed by atoms with Gasteiger partial charge < -0.3 is 9.88 Å². The van der Waals surface area contributed by atoms with Crippen molar-refractivity contribution >= 4 is 23.2 Å². The van der Waals surface area contributed by atoms with Gasteiger partial charge in [-0.2, -0.15) is 18.2 Å². The van der Waals surface area contributed by atoms with Crippen LogP contribution in [-0.2, 0) is 17.5 Å². The summed E-state index contributed by atoms with van der Waals surface area (Å²) in [4.78, 5) is 30.3. The number of hydrogen-bond donors (Lipinski definition) is 1. The summed E-state index contributed by atoms with van der Waals surface area (Å²) in [6, 6.07) is 13.4. The molecule has 0 bridgehead atoms. The molecule has 3 rings (SSSR count). The van der Waals surface area contributed by atoms with Crippen molar-refractivity contribution < 1.29 is 22.8 Å². The Bertz CT molecular complexity index is 1200. The molecule has 2 aromatic carbocycles. The maximum atomic E-state index is 13.0. The van der Waals surface area contributed by atoms with Crippen molar-refractivity contribution in [2.45, 2.75) is 39.5 Å². The van der Waals surface area contributed by atoms with Gasteiger partial charge in [-0.25, -0.2) is 0 Å². The molecule has 1 aromatic heterocycles. The molecule has 1 heterocycles. The maximum absolute atomic E-state index is 13.0. The van der Waals surface area contributed by atoms with Crippen LogP contribution in [0, 0.1) is 13.8 Å². The Morgan fingerprint density at radius 3 is 2.44 bits per heavy atom. The number of benzene rings is 2. The minimum absolute atomic E-state index is 0.0674. The van der Waals surface area contributed by atoms with Crippen molar-refractivity contribution in [3.05, 3.63) is 86.7 Å². The first-order chi connectivity index (χ1) is 15.1. The summed E-state index contributed by atoms with van der Waals surface area (Å²) in [5.74, 6) is -1.07. The van der Waals surface area contributed by atoms with E-state index in [2.05, 4.69) is 10.3 Å². The van der Waals surface area contributed by atoms with Crippen LogP contribution in [0.2, 0.25) is 0 Å². The molecule has 0 aliphatic rings. The molecule has 0 aliphatic heterocycles. The number of thiazole rings is 1. The highest BCUT2D eigenvalue weighted by molar-refractivity contribution is 7.09. The Hall–Kier alpha value is -3.20. The molecule has 5 nitrogen and oxygen atoms in total. The fourth-order valence-corrected chi connectivity index (χ4v) is 4.08. The lowest BCUT2D eigenvalue weighted by molar-refractivity contribution is -0.137. The molecule has 0 fully saturated rings. The van der Waals surface area contributed by atoms with Gasteiger partial charge in [0, 0.05) is 16.1 Å². The third-order valence-corrected chi connectivity index (χ3v) is 6.10. The van der Waals surface area contributed by atoms with Crippen molar-refractivity contribution in [3.63, 3.8) is 0 Å². The summed E-state index contributed by atoms with van der Waals surface area (Å²) < 4.78 is 40.5. The number of nitrogens with zero attached hydrogens (tertiary/aromatic N) is 2. The molecule has 32 heavy (non-hydrogen) atoms. The first-order valence-corrected chi connectivity index (χ1v) is 10.7. The molecule has 1 atom stereocenters. The van der Waals surface area contributed by atoms with Gasteiger partial charge in [-0.1, -0.05) is 36.4 Å². The zero-order valence-electron chi connectivity index (χ0n) is 17.7. The highest BCUT2D eigenvalue weighted by Crippen LogP contribution is 2.29. The molecule has 2 amide bonds. The Morgan fingerprint density at radius 2 is 1.78 bits per heavy atom. The average molecular weight is 462 g/mol. The molecular formula is C23H22F3N3O2S. The van der Waals surface area contributed by atoms with Gasteiger partial charge in [0.25, 0.3) is 5.91 Å². The third-order valence-electron chi connectivity index (χ3n) is 5.00. The minimum Gasteiger partial charge on any atom is -0.348 e. The van der Waals surface area contributed by atoms with Gasteiger partial charge >= 0.3 is 6.18 Å². The zero-order valence-corrected chi connectivity index (χ0v) is 18.6. The number of alkyl halides is 3. The van der Waals surface area contributed by atoms with Crippen molar-refractivity contribution in [3.8, 4) is 0 Å². The Labute approximate surface area is 187 Å². The molecule has 168 valence electrons. The van der Waals surface area contributed by atoms with Gasteiger partial charge in [0.15, 0.2) is 4.80 Å². The van der Waals surface area contributed by atoms with Crippen molar-refractivity contribution in [1.29, 1.82) is 0 Å². The summed E-state index contributed by atoms with van der Waals surface area (Å²) in [7, 11) is 0. The first-order valence-electron chi connectivity index (χ1n) is 9.83. The molecule has 3 aromatic rings. The third kappa shape index (κ3) is 5.53. The molecule has 1 N–H and O–H groups in total. The normalized spacial score (nSPS) is 13.1. The van der Waals surface area contributed by atoms with Gasteiger partial charge in [-0.3, -0.25) is 9.59 Å². The summed E-state index contributed by atoms with van der Waals surface area (Å²) in [6.45, 7) is 5.43. The second kappa shape index (κ2) is 9.52. The van der Waals surface area contributed by atoms with Crippen molar-refractivity contribution in [2.24, 2.45) is 4.99 Å². The molecule has 0 unspecified atom stereocenters. The van der Waals surface area contributed by atoms with Gasteiger partial charge in [-0.15, -0.1) is 11.3 Å². The van der Waals surface area contributed by atoms with E-state index in [0.29, 0.717) is 0 Å². The standard InChI is InChI=1S/C23H22F3N3O2S/c1-14(17-8-5-4-6-9-17)27-20(30)13-29-15(2)16(3)32-22(29)28-21(31)18-10-7-11-19(12-18)23(24,25)26/h4-12,14H,13H2,1-3H3,(H,27,30)/t14-/m1/s1. The molecule has 0 saturated heterocycles. The van der Waals surface area contributed by atoms with Gasteiger partial charge in [-0.05, 0) is 44.5 Å². The number of nitrogens with one attached hydrogen (secondary N) is 1. The predicted octanol–water partition coefficient (Wildman–Crippen LogP) is 4.80. The highest BCUT2D eigenvalue weighted by atomic mass is 32.1. The number of carbonyl (C=O) groups is 2. The lowest BCUT2D eigenvalue weighted by atomic mass is 10.1. The van der Waals surface area contributed by atoms with E-state index in [0.717, 1.165) is 28.3 Å². The fourth-order valence-electron chi connectivity index (χ4n) is 3.10. The molecule has 0 saturated carbocycles. The Morgan fingerprint density at radius 1 is 1.09 bits per heavy atom.